The monoisotopic (exact) mass is 448 g/mol. The minimum atomic E-state index is -1.22. The van der Waals surface area contributed by atoms with E-state index >= 15 is 0 Å². The van der Waals surface area contributed by atoms with Gasteiger partial charge < -0.3 is 31.9 Å². The molecule has 0 aliphatic carbocycles. The summed E-state index contributed by atoms with van der Waals surface area (Å²) in [5.74, 6) is -3.47. The Kier molecular flexibility index (Phi) is 12.6. The van der Waals surface area contributed by atoms with E-state index in [1.807, 2.05) is 20.8 Å². The van der Waals surface area contributed by atoms with Crippen LogP contribution < -0.4 is 21.7 Å². The van der Waals surface area contributed by atoms with Gasteiger partial charge in [0.2, 0.25) is 17.7 Å². The summed E-state index contributed by atoms with van der Waals surface area (Å²) < 4.78 is 0. The molecule has 30 heavy (non-hydrogen) atoms. The lowest BCUT2D eigenvalue weighted by atomic mass is 9.96. The molecule has 11 heteroatoms. The second-order valence-electron chi connectivity index (χ2n) is 7.91. The molecule has 0 fully saturated rings. The number of aliphatic carboxylic acids is 1. The van der Waals surface area contributed by atoms with Crippen molar-refractivity contribution in [2.24, 2.45) is 17.6 Å². The molecule has 0 saturated heterocycles. The van der Waals surface area contributed by atoms with Gasteiger partial charge in [-0.05, 0) is 25.2 Å². The van der Waals surface area contributed by atoms with E-state index in [0.29, 0.717) is 6.42 Å². The standard InChI is InChI=1S/C19H36N4O6S/c1-6-10(4)15(18(27)21-12(19(28)29)7-9(2)3)23-16(25)13(8-30)22-17(26)14(20)11(5)24/h9-15,24,30H,6-8,20H2,1-5H3,(H,21,27)(H,22,26)(H,23,25)(H,28,29). The maximum Gasteiger partial charge on any atom is 0.326 e. The van der Waals surface area contributed by atoms with Gasteiger partial charge in [-0.1, -0.05) is 34.1 Å². The second-order valence-corrected chi connectivity index (χ2v) is 8.28. The van der Waals surface area contributed by atoms with E-state index in [1.165, 1.54) is 6.92 Å². The van der Waals surface area contributed by atoms with Crippen LogP contribution in [0.4, 0.5) is 0 Å². The molecule has 6 atom stereocenters. The lowest BCUT2D eigenvalue weighted by molar-refractivity contribution is -0.143. The summed E-state index contributed by atoms with van der Waals surface area (Å²) in [7, 11) is 0. The van der Waals surface area contributed by atoms with Crippen LogP contribution in [0.2, 0.25) is 0 Å². The van der Waals surface area contributed by atoms with E-state index in [9.17, 15) is 29.4 Å². The molecule has 0 saturated carbocycles. The SMILES string of the molecule is CCC(C)C(NC(=O)C(CS)NC(=O)C(N)C(C)O)C(=O)NC(CC(C)C)C(=O)O. The summed E-state index contributed by atoms with van der Waals surface area (Å²) in [5, 5.41) is 26.2. The van der Waals surface area contributed by atoms with Gasteiger partial charge >= 0.3 is 5.97 Å². The molecule has 0 aromatic rings. The smallest absolute Gasteiger partial charge is 0.326 e. The molecule has 7 N–H and O–H groups in total. The Hall–Kier alpha value is -1.85. The van der Waals surface area contributed by atoms with Crippen LogP contribution >= 0.6 is 12.6 Å². The van der Waals surface area contributed by atoms with Crippen molar-refractivity contribution in [3.05, 3.63) is 0 Å². The summed E-state index contributed by atoms with van der Waals surface area (Å²) in [6.45, 7) is 8.61. The lowest BCUT2D eigenvalue weighted by Crippen LogP contribution is -2.59. The number of amides is 3. The number of thiol groups is 1. The number of carbonyl (C=O) groups excluding carboxylic acids is 3. The third kappa shape index (κ3) is 9.31. The molecule has 6 unspecified atom stereocenters. The number of rotatable bonds is 13. The van der Waals surface area contributed by atoms with Gasteiger partial charge in [0.1, 0.15) is 24.2 Å². The molecule has 0 rings (SSSR count). The molecule has 0 spiro atoms. The highest BCUT2D eigenvalue weighted by molar-refractivity contribution is 7.80. The molecule has 10 nitrogen and oxygen atoms in total. The fraction of sp³-hybridized carbons (Fsp3) is 0.789. The Morgan fingerprint density at radius 2 is 1.47 bits per heavy atom. The topological polar surface area (TPSA) is 171 Å². The first-order valence-electron chi connectivity index (χ1n) is 10.0. The van der Waals surface area contributed by atoms with Gasteiger partial charge in [-0.25, -0.2) is 4.79 Å². The van der Waals surface area contributed by atoms with Crippen LogP contribution in [0.15, 0.2) is 0 Å². The van der Waals surface area contributed by atoms with E-state index in [0.717, 1.165) is 0 Å². The maximum absolute atomic E-state index is 12.8. The second kappa shape index (κ2) is 13.5. The largest absolute Gasteiger partial charge is 0.480 e. The number of carboxylic acids is 1. The average molecular weight is 449 g/mol. The van der Waals surface area contributed by atoms with E-state index < -0.39 is 54.0 Å². The van der Waals surface area contributed by atoms with Crippen LogP contribution in [-0.2, 0) is 19.2 Å². The third-order valence-electron chi connectivity index (χ3n) is 4.75. The van der Waals surface area contributed by atoms with Crippen molar-refractivity contribution in [2.75, 3.05) is 5.75 Å². The number of hydrogen-bond acceptors (Lipinski definition) is 7. The Labute approximate surface area is 183 Å². The number of hydrogen-bond donors (Lipinski definition) is 7. The molecule has 0 bridgehead atoms. The molecule has 174 valence electrons. The number of aliphatic hydroxyl groups excluding tert-OH is 1. The first-order valence-corrected chi connectivity index (χ1v) is 10.7. The maximum atomic E-state index is 12.8. The van der Waals surface area contributed by atoms with Crippen LogP contribution in [0, 0.1) is 11.8 Å². The normalized spacial score (nSPS) is 17.2. The number of nitrogens with one attached hydrogen (secondary N) is 3. The Morgan fingerprint density at radius 3 is 1.87 bits per heavy atom. The molecule has 0 aliphatic heterocycles. The fourth-order valence-corrected chi connectivity index (χ4v) is 2.85. The molecule has 0 aromatic heterocycles. The first-order chi connectivity index (χ1) is 13.8. The van der Waals surface area contributed by atoms with Crippen LogP contribution in [0.3, 0.4) is 0 Å². The lowest BCUT2D eigenvalue weighted by Gasteiger charge is -2.28. The highest BCUT2D eigenvalue weighted by Crippen LogP contribution is 2.11. The number of carboxylic acid groups (broad SMARTS) is 1. The molecule has 0 aromatic carbocycles. The predicted molar refractivity (Wildman–Crippen MR) is 116 cm³/mol. The average Bonchev–Trinajstić information content (AvgIpc) is 2.67. The van der Waals surface area contributed by atoms with Crippen molar-refractivity contribution in [3.8, 4) is 0 Å². The van der Waals surface area contributed by atoms with Gasteiger partial charge in [0.25, 0.3) is 0 Å². The van der Waals surface area contributed by atoms with Gasteiger partial charge in [0.15, 0.2) is 0 Å². The summed E-state index contributed by atoms with van der Waals surface area (Å²) in [6, 6.07) is -4.39. The van der Waals surface area contributed by atoms with Crippen molar-refractivity contribution in [2.45, 2.75) is 77.7 Å². The number of nitrogens with two attached hydrogens (primary N) is 1. The molecule has 3 amide bonds. The summed E-state index contributed by atoms with van der Waals surface area (Å²) >= 11 is 4.06. The van der Waals surface area contributed by atoms with Crippen LogP contribution in [0.1, 0.15) is 47.5 Å². The zero-order valence-corrected chi connectivity index (χ0v) is 19.1. The highest BCUT2D eigenvalue weighted by Gasteiger charge is 2.32. The number of aliphatic hydroxyl groups is 1. The molecule has 0 heterocycles. The van der Waals surface area contributed by atoms with Crippen molar-refractivity contribution in [1.82, 2.24) is 16.0 Å². The Balaban J connectivity index is 5.34. The van der Waals surface area contributed by atoms with Gasteiger partial charge in [0.05, 0.1) is 6.10 Å². The van der Waals surface area contributed by atoms with Gasteiger partial charge in [-0.3, -0.25) is 14.4 Å². The van der Waals surface area contributed by atoms with E-state index in [4.69, 9.17) is 5.73 Å². The zero-order valence-electron chi connectivity index (χ0n) is 18.2. The summed E-state index contributed by atoms with van der Waals surface area (Å²) in [4.78, 5) is 48.9. The van der Waals surface area contributed by atoms with E-state index in [-0.39, 0.29) is 24.0 Å². The summed E-state index contributed by atoms with van der Waals surface area (Å²) in [5.41, 5.74) is 5.57. The van der Waals surface area contributed by atoms with Crippen LogP contribution in [-0.4, -0.2) is 69.9 Å². The van der Waals surface area contributed by atoms with Crippen molar-refractivity contribution >= 4 is 36.3 Å². The van der Waals surface area contributed by atoms with Crippen LogP contribution in [0.5, 0.6) is 0 Å². The summed E-state index contributed by atoms with van der Waals surface area (Å²) in [6.07, 6.45) is -0.318. The van der Waals surface area contributed by atoms with Gasteiger partial charge in [-0.15, -0.1) is 0 Å². The van der Waals surface area contributed by atoms with Gasteiger partial charge in [-0.2, -0.15) is 12.6 Å². The van der Waals surface area contributed by atoms with Gasteiger partial charge in [0, 0.05) is 5.75 Å². The fourth-order valence-electron chi connectivity index (χ4n) is 2.59. The van der Waals surface area contributed by atoms with Crippen LogP contribution in [0.25, 0.3) is 0 Å². The molecule has 0 radical (unpaired) electrons. The minimum absolute atomic E-state index is 0.0462. The molecular weight excluding hydrogens is 412 g/mol. The highest BCUT2D eigenvalue weighted by atomic mass is 32.1. The van der Waals surface area contributed by atoms with Crippen molar-refractivity contribution in [1.29, 1.82) is 0 Å². The number of carbonyl (C=O) groups is 4. The molecule has 0 aliphatic rings. The third-order valence-corrected chi connectivity index (χ3v) is 5.12. The Morgan fingerprint density at radius 1 is 0.933 bits per heavy atom. The minimum Gasteiger partial charge on any atom is -0.480 e. The van der Waals surface area contributed by atoms with E-state index in [1.54, 1.807) is 6.92 Å². The van der Waals surface area contributed by atoms with Crippen molar-refractivity contribution < 1.29 is 29.4 Å². The quantitative estimate of drug-likeness (QED) is 0.182. The van der Waals surface area contributed by atoms with E-state index in [2.05, 4.69) is 28.6 Å². The molecular formula is C19H36N4O6S. The van der Waals surface area contributed by atoms with Crippen molar-refractivity contribution in [3.63, 3.8) is 0 Å². The zero-order chi connectivity index (χ0) is 23.6. The first kappa shape index (κ1) is 28.1. The predicted octanol–water partition coefficient (Wildman–Crippen LogP) is -0.744. The Bertz CT molecular complexity index is 602.